The maximum absolute atomic E-state index is 12.4. The van der Waals surface area contributed by atoms with Gasteiger partial charge in [-0.1, -0.05) is 40.9 Å². The number of hydrogen-bond donors (Lipinski definition) is 4. The Morgan fingerprint density at radius 1 is 1.35 bits per heavy atom. The van der Waals surface area contributed by atoms with E-state index in [1.807, 2.05) is 17.9 Å². The summed E-state index contributed by atoms with van der Waals surface area (Å²) in [6.07, 6.45) is 1.58. The molecular formula is C23H31Cl3N6O2. The van der Waals surface area contributed by atoms with Gasteiger partial charge in [0, 0.05) is 23.1 Å². The minimum absolute atomic E-state index is 0.0623. The molecule has 186 valence electrons. The van der Waals surface area contributed by atoms with Crippen molar-refractivity contribution in [3.8, 4) is 0 Å². The number of aliphatic hydroxyl groups excluding tert-OH is 1. The van der Waals surface area contributed by atoms with E-state index < -0.39 is 6.10 Å². The molecule has 2 heterocycles. The fraction of sp³-hybridized carbons (Fsp3) is 0.522. The molecule has 0 radical (unpaired) electrons. The Labute approximate surface area is 215 Å². The van der Waals surface area contributed by atoms with Crippen molar-refractivity contribution in [3.63, 3.8) is 0 Å². The van der Waals surface area contributed by atoms with Crippen molar-refractivity contribution in [3.05, 3.63) is 44.7 Å². The van der Waals surface area contributed by atoms with Crippen LogP contribution in [-0.4, -0.2) is 66.4 Å². The largest absolute Gasteiger partial charge is 0.389 e. The highest BCUT2D eigenvalue weighted by atomic mass is 35.5. The van der Waals surface area contributed by atoms with Crippen molar-refractivity contribution in [1.29, 1.82) is 0 Å². The molecule has 3 rings (SSSR count). The van der Waals surface area contributed by atoms with E-state index in [0.29, 0.717) is 39.8 Å². The summed E-state index contributed by atoms with van der Waals surface area (Å²) >= 11 is 18.7. The Morgan fingerprint density at radius 2 is 2.12 bits per heavy atom. The van der Waals surface area contributed by atoms with E-state index in [9.17, 15) is 9.90 Å². The van der Waals surface area contributed by atoms with Gasteiger partial charge in [-0.25, -0.2) is 4.99 Å². The maximum atomic E-state index is 12.4. The molecule has 1 amide bonds. The first-order valence-corrected chi connectivity index (χ1v) is 12.4. The molecule has 0 bridgehead atoms. The lowest BCUT2D eigenvalue weighted by molar-refractivity contribution is -0.124. The molecule has 8 nitrogen and oxygen atoms in total. The molecule has 1 aromatic carbocycles. The summed E-state index contributed by atoms with van der Waals surface area (Å²) in [5, 5.41) is 21.6. The number of carbonyl (C=O) groups is 1. The predicted molar refractivity (Wildman–Crippen MR) is 139 cm³/mol. The fourth-order valence-corrected chi connectivity index (χ4v) is 4.79. The number of nitrogens with zero attached hydrogens (tertiary/aromatic N) is 3. The Bertz CT molecular complexity index is 960. The zero-order valence-corrected chi connectivity index (χ0v) is 21.6. The van der Waals surface area contributed by atoms with E-state index in [-0.39, 0.29) is 30.6 Å². The van der Waals surface area contributed by atoms with Gasteiger partial charge in [0.1, 0.15) is 5.82 Å². The van der Waals surface area contributed by atoms with Crippen LogP contribution in [0.4, 0.5) is 0 Å². The fourth-order valence-electron chi connectivity index (χ4n) is 4.12. The molecule has 0 aromatic heterocycles. The van der Waals surface area contributed by atoms with Gasteiger partial charge in [-0.2, -0.15) is 4.99 Å². The van der Waals surface area contributed by atoms with Crippen molar-refractivity contribution >= 4 is 53.4 Å². The Hall–Kier alpha value is -1.84. The predicted octanol–water partition coefficient (Wildman–Crippen LogP) is 3.43. The van der Waals surface area contributed by atoms with Crippen LogP contribution in [0.5, 0.6) is 0 Å². The van der Waals surface area contributed by atoms with Crippen LogP contribution in [0.2, 0.25) is 10.0 Å². The van der Waals surface area contributed by atoms with Crippen LogP contribution in [0.1, 0.15) is 44.7 Å². The maximum Gasteiger partial charge on any atom is 0.237 e. The number of rotatable bonds is 6. The van der Waals surface area contributed by atoms with Gasteiger partial charge in [0.2, 0.25) is 11.9 Å². The number of hydrogen-bond acceptors (Lipinski definition) is 5. The number of carbonyl (C=O) groups excluding carboxylic acids is 1. The number of piperidine rings is 1. The Balaban J connectivity index is 1.67. The standard InChI is InChI=1S/C23H31Cl3N6O2/c1-13(24)21(29-14(2)16-7-6-15(25)11-17(16)26)31-23(27-3)32-10-8-18(20(33)12-32)30-22(34)19-5-4-9-28-19/h6-7,11,14,18-20,28-29,33H,3-5,8-10,12H2,1-2H3,(H,30,34)/b21-13+,31-23+/t14-,18-,19-,20-/m1/s1. The summed E-state index contributed by atoms with van der Waals surface area (Å²) in [6, 6.07) is 4.58. The first kappa shape index (κ1) is 26.8. The van der Waals surface area contributed by atoms with E-state index in [0.717, 1.165) is 24.9 Å². The molecule has 2 aliphatic heterocycles. The zero-order chi connectivity index (χ0) is 24.8. The Kier molecular flexibility index (Phi) is 9.62. The van der Waals surface area contributed by atoms with Gasteiger partial charge < -0.3 is 26.0 Å². The van der Waals surface area contributed by atoms with Crippen LogP contribution in [0, 0.1) is 0 Å². The minimum atomic E-state index is -0.768. The molecule has 4 atom stereocenters. The summed E-state index contributed by atoms with van der Waals surface area (Å²) < 4.78 is 0. The highest BCUT2D eigenvalue weighted by Crippen LogP contribution is 2.27. The van der Waals surface area contributed by atoms with Crippen molar-refractivity contribution < 1.29 is 9.90 Å². The monoisotopic (exact) mass is 528 g/mol. The lowest BCUT2D eigenvalue weighted by Gasteiger charge is -2.37. The smallest absolute Gasteiger partial charge is 0.237 e. The van der Waals surface area contributed by atoms with Crippen LogP contribution in [0.25, 0.3) is 0 Å². The van der Waals surface area contributed by atoms with Crippen LogP contribution >= 0.6 is 34.8 Å². The number of amides is 1. The molecule has 34 heavy (non-hydrogen) atoms. The molecular weight excluding hydrogens is 499 g/mol. The summed E-state index contributed by atoms with van der Waals surface area (Å²) in [5.74, 6) is 0.686. The number of allylic oxidation sites excluding steroid dienone is 1. The van der Waals surface area contributed by atoms with Crippen molar-refractivity contribution in [2.75, 3.05) is 19.6 Å². The van der Waals surface area contributed by atoms with Crippen molar-refractivity contribution in [2.45, 2.75) is 57.3 Å². The van der Waals surface area contributed by atoms with Gasteiger partial charge in [-0.15, -0.1) is 0 Å². The van der Waals surface area contributed by atoms with Crippen LogP contribution in [0.15, 0.2) is 39.0 Å². The van der Waals surface area contributed by atoms with Crippen LogP contribution < -0.4 is 16.0 Å². The van der Waals surface area contributed by atoms with Gasteiger partial charge in [-0.3, -0.25) is 4.79 Å². The van der Waals surface area contributed by atoms with Gasteiger partial charge in [0.05, 0.1) is 29.3 Å². The number of likely N-dealkylation sites (tertiary alicyclic amines) is 1. The van der Waals surface area contributed by atoms with E-state index in [1.165, 1.54) is 0 Å². The summed E-state index contributed by atoms with van der Waals surface area (Å²) in [4.78, 5) is 22.9. The van der Waals surface area contributed by atoms with E-state index >= 15 is 0 Å². The molecule has 2 fully saturated rings. The zero-order valence-electron chi connectivity index (χ0n) is 19.3. The topological polar surface area (TPSA) is 101 Å². The molecule has 11 heteroatoms. The lowest BCUT2D eigenvalue weighted by atomic mass is 10.0. The number of benzene rings is 1. The number of β-amino-alcohol motifs (C(OH)–C–C–N with tert-alkyl or cyclic N) is 1. The minimum Gasteiger partial charge on any atom is -0.389 e. The SMILES string of the molecule is C=N/C(=N\C(N[C@H](C)c1ccc(Cl)cc1Cl)=C(/C)Cl)N1CC[C@@H](NC(=O)[C@H]2CCCN2)[C@H](O)C1. The van der Waals surface area contributed by atoms with Crippen molar-refractivity contribution in [2.24, 2.45) is 9.98 Å². The normalized spacial score (nSPS) is 24.9. The third-order valence-corrected chi connectivity index (χ3v) is 6.77. The van der Waals surface area contributed by atoms with Crippen LogP contribution in [-0.2, 0) is 4.79 Å². The van der Waals surface area contributed by atoms with Crippen molar-refractivity contribution in [1.82, 2.24) is 20.9 Å². The molecule has 0 saturated carbocycles. The quantitative estimate of drug-likeness (QED) is 0.334. The number of aliphatic imine (C=N–C) groups is 2. The van der Waals surface area contributed by atoms with Gasteiger partial charge in [0.25, 0.3) is 0 Å². The van der Waals surface area contributed by atoms with Gasteiger partial charge >= 0.3 is 0 Å². The number of nitrogens with one attached hydrogen (secondary N) is 3. The Morgan fingerprint density at radius 3 is 2.71 bits per heavy atom. The highest BCUT2D eigenvalue weighted by molar-refractivity contribution is 6.35. The van der Waals surface area contributed by atoms with Gasteiger partial charge in [0.15, 0.2) is 0 Å². The summed E-state index contributed by atoms with van der Waals surface area (Å²) in [6.45, 7) is 8.95. The summed E-state index contributed by atoms with van der Waals surface area (Å²) in [5.41, 5.74) is 0.841. The summed E-state index contributed by atoms with van der Waals surface area (Å²) in [7, 11) is 0. The van der Waals surface area contributed by atoms with E-state index in [2.05, 4.69) is 32.7 Å². The lowest BCUT2D eigenvalue weighted by Crippen LogP contribution is -2.57. The molecule has 2 aliphatic rings. The molecule has 0 unspecified atom stereocenters. The first-order chi connectivity index (χ1) is 16.2. The number of aliphatic hydroxyl groups is 1. The second kappa shape index (κ2) is 12.2. The molecule has 4 N–H and O–H groups in total. The van der Waals surface area contributed by atoms with E-state index in [4.69, 9.17) is 34.8 Å². The third-order valence-electron chi connectivity index (χ3n) is 6.03. The van der Waals surface area contributed by atoms with Gasteiger partial charge in [-0.05, 0) is 64.1 Å². The average molecular weight is 530 g/mol. The van der Waals surface area contributed by atoms with E-state index in [1.54, 1.807) is 19.1 Å². The first-order valence-electron chi connectivity index (χ1n) is 11.3. The highest BCUT2D eigenvalue weighted by Gasteiger charge is 2.32. The molecule has 2 saturated heterocycles. The molecule has 1 aromatic rings. The number of guanidine groups is 1. The van der Waals surface area contributed by atoms with Crippen LogP contribution in [0.3, 0.4) is 0 Å². The molecule has 0 spiro atoms. The second-order valence-electron chi connectivity index (χ2n) is 8.55. The average Bonchev–Trinajstić information content (AvgIpc) is 3.33. The molecule has 0 aliphatic carbocycles. The second-order valence-corrected chi connectivity index (χ2v) is 9.96. The number of halogens is 3. The third kappa shape index (κ3) is 6.86.